The second-order valence-electron chi connectivity index (χ2n) is 4.85. The number of amides is 1. The van der Waals surface area contributed by atoms with Crippen LogP contribution in [-0.2, 0) is 17.6 Å². The molecular weight excluding hydrogens is 286 g/mol. The first-order chi connectivity index (χ1) is 10.2. The van der Waals surface area contributed by atoms with Crippen molar-refractivity contribution in [3.05, 3.63) is 34.8 Å². The number of phenols is 1. The SMILES string of the molecule is CCCCCc1nnc(NC(=O)Cc2ccc(O)cc2)s1. The number of aryl methyl sites for hydroxylation is 1. The summed E-state index contributed by atoms with van der Waals surface area (Å²) in [6.07, 6.45) is 4.63. The summed E-state index contributed by atoms with van der Waals surface area (Å²) >= 11 is 1.43. The number of phenolic OH excluding ortho intramolecular Hbond substituents is 1. The lowest BCUT2D eigenvalue weighted by Gasteiger charge is -2.01. The topological polar surface area (TPSA) is 75.1 Å². The molecule has 0 saturated carbocycles. The van der Waals surface area contributed by atoms with Gasteiger partial charge in [-0.05, 0) is 24.1 Å². The monoisotopic (exact) mass is 305 g/mol. The normalized spacial score (nSPS) is 10.5. The number of aromatic nitrogens is 2. The summed E-state index contributed by atoms with van der Waals surface area (Å²) in [5, 5.41) is 21.5. The van der Waals surface area contributed by atoms with E-state index in [0.717, 1.165) is 23.4 Å². The number of nitrogens with zero attached hydrogens (tertiary/aromatic N) is 2. The summed E-state index contributed by atoms with van der Waals surface area (Å²) in [6.45, 7) is 2.16. The molecule has 1 amide bonds. The van der Waals surface area contributed by atoms with Gasteiger partial charge >= 0.3 is 0 Å². The van der Waals surface area contributed by atoms with E-state index in [1.165, 1.54) is 24.2 Å². The Balaban J connectivity index is 1.83. The Morgan fingerprint density at radius 1 is 1.24 bits per heavy atom. The van der Waals surface area contributed by atoms with E-state index in [1.807, 2.05) is 0 Å². The molecule has 0 radical (unpaired) electrons. The van der Waals surface area contributed by atoms with Gasteiger partial charge in [0.25, 0.3) is 0 Å². The predicted octanol–water partition coefficient (Wildman–Crippen LogP) is 3.16. The van der Waals surface area contributed by atoms with Crippen LogP contribution in [0.4, 0.5) is 5.13 Å². The van der Waals surface area contributed by atoms with Crippen molar-refractivity contribution in [1.29, 1.82) is 0 Å². The molecule has 0 aliphatic heterocycles. The third-order valence-corrected chi connectivity index (χ3v) is 3.91. The van der Waals surface area contributed by atoms with Crippen LogP contribution in [0.3, 0.4) is 0 Å². The van der Waals surface area contributed by atoms with Gasteiger partial charge in [0.15, 0.2) is 0 Å². The third kappa shape index (κ3) is 5.15. The van der Waals surface area contributed by atoms with Crippen LogP contribution in [0.25, 0.3) is 0 Å². The number of rotatable bonds is 7. The summed E-state index contributed by atoms with van der Waals surface area (Å²) < 4.78 is 0. The molecule has 0 fully saturated rings. The minimum absolute atomic E-state index is 0.128. The van der Waals surface area contributed by atoms with Crippen LogP contribution < -0.4 is 5.32 Å². The minimum atomic E-state index is -0.128. The molecule has 0 aliphatic carbocycles. The van der Waals surface area contributed by atoms with E-state index in [0.29, 0.717) is 5.13 Å². The van der Waals surface area contributed by atoms with Gasteiger partial charge in [0.2, 0.25) is 11.0 Å². The standard InChI is InChI=1S/C15H19N3O2S/c1-2-3-4-5-14-17-18-15(21-14)16-13(20)10-11-6-8-12(19)9-7-11/h6-9,19H,2-5,10H2,1H3,(H,16,18,20). The first-order valence-corrected chi connectivity index (χ1v) is 7.89. The molecule has 0 aliphatic rings. The van der Waals surface area contributed by atoms with Gasteiger partial charge < -0.3 is 10.4 Å². The molecule has 2 aromatic rings. The Morgan fingerprint density at radius 3 is 2.71 bits per heavy atom. The molecule has 1 aromatic carbocycles. The van der Waals surface area contributed by atoms with Gasteiger partial charge in [-0.2, -0.15) is 0 Å². The number of aromatic hydroxyl groups is 1. The molecular formula is C15H19N3O2S. The molecule has 0 atom stereocenters. The summed E-state index contributed by atoms with van der Waals surface area (Å²) in [4.78, 5) is 11.9. The average molecular weight is 305 g/mol. The molecule has 0 saturated heterocycles. The summed E-state index contributed by atoms with van der Waals surface area (Å²) in [5.41, 5.74) is 0.845. The Hall–Kier alpha value is -1.95. The fourth-order valence-electron chi connectivity index (χ4n) is 1.89. The lowest BCUT2D eigenvalue weighted by atomic mass is 10.1. The van der Waals surface area contributed by atoms with Gasteiger partial charge in [0.1, 0.15) is 10.8 Å². The number of carbonyl (C=O) groups excluding carboxylic acids is 1. The maximum Gasteiger partial charge on any atom is 0.230 e. The van der Waals surface area contributed by atoms with E-state index in [-0.39, 0.29) is 18.1 Å². The van der Waals surface area contributed by atoms with Crippen LogP contribution in [0.15, 0.2) is 24.3 Å². The zero-order chi connectivity index (χ0) is 15.1. The number of anilines is 1. The van der Waals surface area contributed by atoms with E-state index >= 15 is 0 Å². The molecule has 112 valence electrons. The van der Waals surface area contributed by atoms with Crippen LogP contribution >= 0.6 is 11.3 Å². The van der Waals surface area contributed by atoms with Crippen molar-refractivity contribution in [2.45, 2.75) is 39.0 Å². The smallest absolute Gasteiger partial charge is 0.230 e. The fraction of sp³-hybridized carbons (Fsp3) is 0.400. The first-order valence-electron chi connectivity index (χ1n) is 7.07. The molecule has 2 N–H and O–H groups in total. The van der Waals surface area contributed by atoms with Crippen molar-refractivity contribution < 1.29 is 9.90 Å². The van der Waals surface area contributed by atoms with E-state index in [4.69, 9.17) is 0 Å². The van der Waals surface area contributed by atoms with Gasteiger partial charge in [-0.25, -0.2) is 0 Å². The molecule has 6 heteroatoms. The highest BCUT2D eigenvalue weighted by molar-refractivity contribution is 7.15. The van der Waals surface area contributed by atoms with E-state index in [1.54, 1.807) is 24.3 Å². The zero-order valence-electron chi connectivity index (χ0n) is 12.0. The van der Waals surface area contributed by atoms with Crippen molar-refractivity contribution in [3.8, 4) is 5.75 Å². The number of unbranched alkanes of at least 4 members (excludes halogenated alkanes) is 2. The third-order valence-electron chi connectivity index (χ3n) is 3.01. The largest absolute Gasteiger partial charge is 0.508 e. The van der Waals surface area contributed by atoms with Gasteiger partial charge in [0.05, 0.1) is 6.42 Å². The van der Waals surface area contributed by atoms with Crippen LogP contribution in [0.2, 0.25) is 0 Å². The molecule has 5 nitrogen and oxygen atoms in total. The van der Waals surface area contributed by atoms with Crippen molar-refractivity contribution in [2.24, 2.45) is 0 Å². The summed E-state index contributed by atoms with van der Waals surface area (Å²) in [5.74, 6) is 0.0666. The van der Waals surface area contributed by atoms with Crippen LogP contribution in [0.5, 0.6) is 5.75 Å². The Labute approximate surface area is 128 Å². The average Bonchev–Trinajstić information content (AvgIpc) is 2.89. The first kappa shape index (κ1) is 15.4. The number of hydrogen-bond acceptors (Lipinski definition) is 5. The second kappa shape index (κ2) is 7.73. The number of benzene rings is 1. The molecule has 2 rings (SSSR count). The molecule has 1 heterocycles. The summed E-state index contributed by atoms with van der Waals surface area (Å²) in [7, 11) is 0. The maximum atomic E-state index is 11.9. The number of hydrogen-bond donors (Lipinski definition) is 2. The van der Waals surface area contributed by atoms with Crippen LogP contribution in [-0.4, -0.2) is 21.2 Å². The fourth-order valence-corrected chi connectivity index (χ4v) is 2.69. The zero-order valence-corrected chi connectivity index (χ0v) is 12.8. The molecule has 1 aromatic heterocycles. The number of nitrogens with one attached hydrogen (secondary N) is 1. The van der Waals surface area contributed by atoms with E-state index < -0.39 is 0 Å². The Morgan fingerprint density at radius 2 is 2.00 bits per heavy atom. The minimum Gasteiger partial charge on any atom is -0.508 e. The van der Waals surface area contributed by atoms with Gasteiger partial charge in [0, 0.05) is 6.42 Å². The maximum absolute atomic E-state index is 11.9. The molecule has 0 unspecified atom stereocenters. The van der Waals surface area contributed by atoms with Gasteiger partial charge in [-0.3, -0.25) is 4.79 Å². The van der Waals surface area contributed by atoms with E-state index in [2.05, 4.69) is 22.4 Å². The Kier molecular flexibility index (Phi) is 5.68. The van der Waals surface area contributed by atoms with Gasteiger partial charge in [-0.15, -0.1) is 10.2 Å². The van der Waals surface area contributed by atoms with E-state index in [9.17, 15) is 9.90 Å². The quantitative estimate of drug-likeness (QED) is 0.771. The van der Waals surface area contributed by atoms with Gasteiger partial charge in [-0.1, -0.05) is 43.2 Å². The number of carbonyl (C=O) groups is 1. The highest BCUT2D eigenvalue weighted by Gasteiger charge is 2.09. The second-order valence-corrected chi connectivity index (χ2v) is 5.91. The van der Waals surface area contributed by atoms with Crippen LogP contribution in [0, 0.1) is 0 Å². The lowest BCUT2D eigenvalue weighted by molar-refractivity contribution is -0.115. The molecule has 21 heavy (non-hydrogen) atoms. The highest BCUT2D eigenvalue weighted by Crippen LogP contribution is 2.18. The predicted molar refractivity (Wildman–Crippen MR) is 83.6 cm³/mol. The Bertz CT molecular complexity index is 581. The van der Waals surface area contributed by atoms with Crippen LogP contribution in [0.1, 0.15) is 36.8 Å². The molecule has 0 spiro atoms. The van der Waals surface area contributed by atoms with Crippen molar-refractivity contribution in [2.75, 3.05) is 5.32 Å². The van der Waals surface area contributed by atoms with Crippen molar-refractivity contribution in [3.63, 3.8) is 0 Å². The summed E-state index contributed by atoms with van der Waals surface area (Å²) in [6, 6.07) is 6.59. The van der Waals surface area contributed by atoms with Crippen molar-refractivity contribution in [1.82, 2.24) is 10.2 Å². The lowest BCUT2D eigenvalue weighted by Crippen LogP contribution is -2.14. The molecule has 0 bridgehead atoms. The van der Waals surface area contributed by atoms with Crippen molar-refractivity contribution >= 4 is 22.4 Å². The highest BCUT2D eigenvalue weighted by atomic mass is 32.1.